The summed E-state index contributed by atoms with van der Waals surface area (Å²) in [5, 5.41) is 17.5. The van der Waals surface area contributed by atoms with Crippen LogP contribution in [0, 0.1) is 10.1 Å². The summed E-state index contributed by atoms with van der Waals surface area (Å²) in [7, 11) is 3.00. The van der Waals surface area contributed by atoms with Crippen LogP contribution in [0.15, 0.2) is 48.5 Å². The summed E-state index contributed by atoms with van der Waals surface area (Å²) in [6, 6.07) is 14.6. The number of methoxy groups -OCH3 is 2. The van der Waals surface area contributed by atoms with Crippen molar-refractivity contribution in [3.63, 3.8) is 0 Å². The second-order valence-corrected chi connectivity index (χ2v) is 5.92. The van der Waals surface area contributed by atoms with E-state index in [1.807, 2.05) is 30.3 Å². The van der Waals surface area contributed by atoms with E-state index in [0.29, 0.717) is 23.7 Å². The molecule has 0 atom stereocenters. The van der Waals surface area contributed by atoms with Gasteiger partial charge in [0.15, 0.2) is 0 Å². The van der Waals surface area contributed by atoms with Crippen LogP contribution in [-0.4, -0.2) is 29.1 Å². The van der Waals surface area contributed by atoms with Crippen molar-refractivity contribution in [2.24, 2.45) is 0 Å². The summed E-state index contributed by atoms with van der Waals surface area (Å²) in [4.78, 5) is 19.1. The summed E-state index contributed by atoms with van der Waals surface area (Å²) < 4.78 is 10.5. The molecule has 0 radical (unpaired) electrons. The number of benzene rings is 2. The topological polar surface area (TPSA) is 137 Å². The van der Waals surface area contributed by atoms with Crippen molar-refractivity contribution < 1.29 is 14.4 Å². The number of rotatable bonds is 8. The van der Waals surface area contributed by atoms with E-state index >= 15 is 0 Å². The Morgan fingerprint density at radius 2 is 1.86 bits per heavy atom. The second-order valence-electron chi connectivity index (χ2n) is 5.92. The Bertz CT molecular complexity index is 1010. The molecule has 1 aromatic heterocycles. The van der Waals surface area contributed by atoms with E-state index in [9.17, 15) is 10.1 Å². The highest BCUT2D eigenvalue weighted by Gasteiger charge is 2.24. The molecule has 3 aromatic rings. The van der Waals surface area contributed by atoms with E-state index in [1.165, 1.54) is 14.2 Å². The van der Waals surface area contributed by atoms with Crippen molar-refractivity contribution in [2.75, 3.05) is 30.6 Å². The average Bonchev–Trinajstić information content (AvgIpc) is 2.72. The number of nitrogens with two attached hydrogens (primary N) is 1. The van der Waals surface area contributed by atoms with Crippen LogP contribution < -0.4 is 25.8 Å². The fourth-order valence-electron chi connectivity index (χ4n) is 2.63. The monoisotopic (exact) mass is 396 g/mol. The first-order chi connectivity index (χ1) is 14.0. The molecule has 0 saturated carbocycles. The predicted octanol–water partition coefficient (Wildman–Crippen LogP) is 3.34. The Kier molecular flexibility index (Phi) is 5.93. The van der Waals surface area contributed by atoms with Crippen LogP contribution in [-0.2, 0) is 6.54 Å². The lowest BCUT2D eigenvalue weighted by Gasteiger charge is -2.14. The zero-order chi connectivity index (χ0) is 20.8. The Hall–Kier alpha value is -4.08. The molecule has 0 aliphatic rings. The smallest absolute Gasteiger partial charge is 0.353 e. The number of aromatic nitrogens is 2. The van der Waals surface area contributed by atoms with Crippen molar-refractivity contribution in [3.8, 4) is 11.5 Å². The molecule has 3 rings (SSSR count). The van der Waals surface area contributed by atoms with Crippen molar-refractivity contribution >= 4 is 29.0 Å². The Labute approximate surface area is 166 Å². The van der Waals surface area contributed by atoms with Gasteiger partial charge in [0.2, 0.25) is 17.6 Å². The third kappa shape index (κ3) is 4.61. The zero-order valence-corrected chi connectivity index (χ0v) is 15.9. The summed E-state index contributed by atoms with van der Waals surface area (Å²) >= 11 is 0. The number of nitrogen functional groups attached to an aromatic ring is 1. The van der Waals surface area contributed by atoms with Gasteiger partial charge in [0.25, 0.3) is 0 Å². The molecule has 29 heavy (non-hydrogen) atoms. The quantitative estimate of drug-likeness (QED) is 0.386. The fourth-order valence-corrected chi connectivity index (χ4v) is 2.63. The third-order valence-corrected chi connectivity index (χ3v) is 4.05. The van der Waals surface area contributed by atoms with Crippen molar-refractivity contribution in [1.29, 1.82) is 0 Å². The van der Waals surface area contributed by atoms with E-state index in [1.54, 1.807) is 18.2 Å². The number of ether oxygens (including phenoxy) is 2. The standard InChI is InChI=1S/C19H20N6O4/c1-28-13-8-9-15(29-2)14(10-13)22-18-16(25(26)27)17(20)23-19(24-18)21-11-12-6-4-3-5-7-12/h3-10H,11H2,1-2H3,(H4,20,21,22,23,24). The van der Waals surface area contributed by atoms with Crippen molar-refractivity contribution in [2.45, 2.75) is 6.54 Å². The maximum absolute atomic E-state index is 11.5. The van der Waals surface area contributed by atoms with E-state index in [2.05, 4.69) is 20.6 Å². The summed E-state index contributed by atoms with van der Waals surface area (Å²) in [6.07, 6.45) is 0. The van der Waals surface area contributed by atoms with Gasteiger partial charge in [0, 0.05) is 12.6 Å². The number of nitrogens with zero attached hydrogens (tertiary/aromatic N) is 3. The van der Waals surface area contributed by atoms with Gasteiger partial charge in [-0.05, 0) is 17.7 Å². The maximum Gasteiger partial charge on any atom is 0.353 e. The lowest BCUT2D eigenvalue weighted by molar-refractivity contribution is -0.383. The number of hydrogen-bond donors (Lipinski definition) is 3. The molecule has 0 amide bonds. The Balaban J connectivity index is 1.96. The van der Waals surface area contributed by atoms with Crippen molar-refractivity contribution in [1.82, 2.24) is 9.97 Å². The van der Waals surface area contributed by atoms with E-state index < -0.39 is 10.6 Å². The maximum atomic E-state index is 11.5. The van der Waals surface area contributed by atoms with Crippen LogP contribution >= 0.6 is 0 Å². The Morgan fingerprint density at radius 1 is 1.10 bits per heavy atom. The SMILES string of the molecule is COc1ccc(OC)c(Nc2nc(NCc3ccccc3)nc(N)c2[N+](=O)[O-])c1. The van der Waals surface area contributed by atoms with E-state index in [-0.39, 0.29) is 17.6 Å². The highest BCUT2D eigenvalue weighted by atomic mass is 16.6. The molecule has 150 valence electrons. The minimum absolute atomic E-state index is 0.0652. The van der Waals surface area contributed by atoms with Gasteiger partial charge >= 0.3 is 5.69 Å². The van der Waals surface area contributed by atoms with Gasteiger partial charge in [-0.25, -0.2) is 0 Å². The molecule has 0 aliphatic heterocycles. The first-order valence-electron chi connectivity index (χ1n) is 8.60. The predicted molar refractivity (Wildman–Crippen MR) is 110 cm³/mol. The van der Waals surface area contributed by atoms with Crippen LogP contribution in [0.5, 0.6) is 11.5 Å². The van der Waals surface area contributed by atoms with E-state index in [0.717, 1.165) is 5.56 Å². The minimum atomic E-state index is -0.634. The summed E-state index contributed by atoms with van der Waals surface area (Å²) in [5.41, 5.74) is 6.84. The van der Waals surface area contributed by atoms with Gasteiger partial charge in [-0.1, -0.05) is 30.3 Å². The van der Waals surface area contributed by atoms with Crippen LogP contribution in [0.1, 0.15) is 5.56 Å². The van der Waals surface area contributed by atoms with Gasteiger partial charge in [-0.15, -0.1) is 0 Å². The lowest BCUT2D eigenvalue weighted by Crippen LogP contribution is -2.11. The molecule has 0 aliphatic carbocycles. The highest BCUT2D eigenvalue weighted by molar-refractivity contribution is 5.77. The molecule has 0 fully saturated rings. The molecule has 0 unspecified atom stereocenters. The lowest BCUT2D eigenvalue weighted by atomic mass is 10.2. The van der Waals surface area contributed by atoms with Crippen LogP contribution in [0.2, 0.25) is 0 Å². The fraction of sp³-hybridized carbons (Fsp3) is 0.158. The molecule has 0 bridgehead atoms. The van der Waals surface area contributed by atoms with Gasteiger partial charge in [-0.2, -0.15) is 9.97 Å². The largest absolute Gasteiger partial charge is 0.497 e. The first-order valence-corrected chi connectivity index (χ1v) is 8.60. The molecular formula is C19H20N6O4. The Morgan fingerprint density at radius 3 is 2.52 bits per heavy atom. The van der Waals surface area contributed by atoms with Crippen molar-refractivity contribution in [3.05, 3.63) is 64.2 Å². The first kappa shape index (κ1) is 19.7. The van der Waals surface area contributed by atoms with Gasteiger partial charge in [0.1, 0.15) is 11.5 Å². The molecule has 10 nitrogen and oxygen atoms in total. The zero-order valence-electron chi connectivity index (χ0n) is 15.9. The number of nitrogens with one attached hydrogen (secondary N) is 2. The molecule has 4 N–H and O–H groups in total. The minimum Gasteiger partial charge on any atom is -0.497 e. The number of nitro groups is 1. The number of anilines is 4. The summed E-state index contributed by atoms with van der Waals surface area (Å²) in [5.74, 6) is 0.826. The molecule has 10 heteroatoms. The molecule has 0 spiro atoms. The third-order valence-electron chi connectivity index (χ3n) is 4.05. The van der Waals surface area contributed by atoms with Gasteiger partial charge in [-0.3, -0.25) is 10.1 Å². The summed E-state index contributed by atoms with van der Waals surface area (Å²) in [6.45, 7) is 0.431. The molecule has 0 saturated heterocycles. The second kappa shape index (κ2) is 8.74. The van der Waals surface area contributed by atoms with E-state index in [4.69, 9.17) is 15.2 Å². The van der Waals surface area contributed by atoms with Gasteiger partial charge in [0.05, 0.1) is 24.8 Å². The molecule has 1 heterocycles. The average molecular weight is 396 g/mol. The number of hydrogen-bond acceptors (Lipinski definition) is 9. The van der Waals surface area contributed by atoms with Crippen LogP contribution in [0.25, 0.3) is 0 Å². The van der Waals surface area contributed by atoms with Crippen LogP contribution in [0.4, 0.5) is 29.0 Å². The highest BCUT2D eigenvalue weighted by Crippen LogP contribution is 2.36. The van der Waals surface area contributed by atoms with Gasteiger partial charge < -0.3 is 25.8 Å². The molecular weight excluding hydrogens is 376 g/mol. The van der Waals surface area contributed by atoms with Crippen LogP contribution in [0.3, 0.4) is 0 Å². The normalized spacial score (nSPS) is 10.3. The molecule has 2 aromatic carbocycles.